The zero-order valence-corrected chi connectivity index (χ0v) is 21.6. The second-order valence-corrected chi connectivity index (χ2v) is 10.5. The van der Waals surface area contributed by atoms with Crippen LogP contribution < -0.4 is 4.90 Å². The summed E-state index contributed by atoms with van der Waals surface area (Å²) >= 11 is 0. The summed E-state index contributed by atoms with van der Waals surface area (Å²) < 4.78 is 11.5. The van der Waals surface area contributed by atoms with Crippen molar-refractivity contribution in [3.05, 3.63) is 102 Å². The normalized spacial score (nSPS) is 21.9. The summed E-state index contributed by atoms with van der Waals surface area (Å²) in [5.41, 5.74) is 3.75. The van der Waals surface area contributed by atoms with E-state index in [0.717, 1.165) is 48.9 Å². The minimum Gasteiger partial charge on any atom is -0.447 e. The lowest BCUT2D eigenvalue weighted by molar-refractivity contribution is 0.0314. The van der Waals surface area contributed by atoms with Crippen molar-refractivity contribution in [2.75, 3.05) is 18.1 Å². The lowest BCUT2D eigenvalue weighted by Crippen LogP contribution is -2.53. The molecule has 2 saturated carbocycles. The van der Waals surface area contributed by atoms with Gasteiger partial charge in [0.05, 0.1) is 19.3 Å². The highest BCUT2D eigenvalue weighted by atomic mass is 16.6. The predicted molar refractivity (Wildman–Crippen MR) is 146 cm³/mol. The molecule has 2 fully saturated rings. The first-order valence-electron chi connectivity index (χ1n) is 13.8. The van der Waals surface area contributed by atoms with E-state index in [0.29, 0.717) is 18.8 Å². The molecule has 6 heteroatoms. The summed E-state index contributed by atoms with van der Waals surface area (Å²) in [6.07, 6.45) is 4.67. The number of carbonyl (C=O) groups excluding carboxylic acids is 2. The molecule has 3 unspecified atom stereocenters. The zero-order chi connectivity index (χ0) is 25.9. The molecule has 0 bridgehead atoms. The Morgan fingerprint density at radius 2 is 1.53 bits per heavy atom. The van der Waals surface area contributed by atoms with Crippen LogP contribution in [-0.4, -0.2) is 42.2 Å². The molecule has 3 aromatic rings. The maximum atomic E-state index is 13.8. The summed E-state index contributed by atoms with van der Waals surface area (Å²) in [6.45, 7) is 1.07. The van der Waals surface area contributed by atoms with Crippen LogP contribution in [-0.2, 0) is 16.1 Å². The molecule has 6 nitrogen and oxygen atoms in total. The standard InChI is InChI=1S/C32H34N2O4/c35-31(24-12-5-2-6-13-24)34-28-16-8-7-14-26(28)30(27-15-9-17-29(27)34)33(25-18-19-25)32(36)38-21-20-37-22-23-10-3-1-4-11-23/h1-8,10-14,16,25,27,29-30H,9,15,17-22H2. The molecule has 1 aliphatic heterocycles. The highest BCUT2D eigenvalue weighted by Gasteiger charge is 2.51. The SMILES string of the molecule is O=C(c1ccccc1)N1c2ccccc2C(N(C(=O)OCCOCc2ccccc2)C2CC2)C2CCCC21. The molecule has 3 aromatic carbocycles. The third kappa shape index (κ3) is 4.93. The van der Waals surface area contributed by atoms with E-state index in [1.807, 2.05) is 88.7 Å². The number of benzene rings is 3. The number of carbonyl (C=O) groups is 2. The molecule has 2 aliphatic carbocycles. The van der Waals surface area contributed by atoms with Crippen LogP contribution in [0.5, 0.6) is 0 Å². The average molecular weight is 511 g/mol. The van der Waals surface area contributed by atoms with E-state index >= 15 is 0 Å². The van der Waals surface area contributed by atoms with Gasteiger partial charge in [-0.15, -0.1) is 0 Å². The van der Waals surface area contributed by atoms with Crippen molar-refractivity contribution < 1.29 is 19.1 Å². The van der Waals surface area contributed by atoms with Crippen molar-refractivity contribution in [2.45, 2.75) is 56.8 Å². The second-order valence-electron chi connectivity index (χ2n) is 10.5. The van der Waals surface area contributed by atoms with Crippen LogP contribution >= 0.6 is 0 Å². The van der Waals surface area contributed by atoms with E-state index in [2.05, 4.69) is 6.07 Å². The molecule has 38 heavy (non-hydrogen) atoms. The van der Waals surface area contributed by atoms with Gasteiger partial charge >= 0.3 is 6.09 Å². The van der Waals surface area contributed by atoms with Crippen LogP contribution in [0.2, 0.25) is 0 Å². The van der Waals surface area contributed by atoms with E-state index < -0.39 is 0 Å². The largest absolute Gasteiger partial charge is 0.447 e. The summed E-state index contributed by atoms with van der Waals surface area (Å²) in [4.78, 5) is 31.3. The van der Waals surface area contributed by atoms with E-state index in [4.69, 9.17) is 9.47 Å². The number of hydrogen-bond acceptors (Lipinski definition) is 4. The monoisotopic (exact) mass is 510 g/mol. The second kappa shape index (κ2) is 11.0. The summed E-state index contributed by atoms with van der Waals surface area (Å²) in [5.74, 6) is 0.213. The first kappa shape index (κ1) is 24.7. The van der Waals surface area contributed by atoms with Crippen LogP contribution in [0.3, 0.4) is 0 Å². The predicted octanol–water partition coefficient (Wildman–Crippen LogP) is 6.37. The Kier molecular flexibility index (Phi) is 7.14. The number of anilines is 1. The molecule has 3 atom stereocenters. The fourth-order valence-corrected chi connectivity index (χ4v) is 6.23. The lowest BCUT2D eigenvalue weighted by Gasteiger charge is -2.47. The van der Waals surface area contributed by atoms with E-state index in [1.54, 1.807) is 0 Å². The minimum absolute atomic E-state index is 0.0320. The number of hydrogen-bond donors (Lipinski definition) is 0. The van der Waals surface area contributed by atoms with Gasteiger partial charge in [0.2, 0.25) is 0 Å². The molecule has 0 radical (unpaired) electrons. The quantitative estimate of drug-likeness (QED) is 0.330. The first-order valence-corrected chi connectivity index (χ1v) is 13.8. The van der Waals surface area contributed by atoms with Crippen molar-refractivity contribution in [1.82, 2.24) is 4.90 Å². The van der Waals surface area contributed by atoms with Crippen LogP contribution in [0, 0.1) is 5.92 Å². The number of nitrogens with zero attached hydrogens (tertiary/aromatic N) is 2. The summed E-state index contributed by atoms with van der Waals surface area (Å²) in [7, 11) is 0. The Balaban J connectivity index is 1.22. The fourth-order valence-electron chi connectivity index (χ4n) is 6.23. The third-order valence-corrected chi connectivity index (χ3v) is 8.04. The third-order valence-electron chi connectivity index (χ3n) is 8.04. The fraction of sp³-hybridized carbons (Fsp3) is 0.375. The van der Waals surface area contributed by atoms with Crippen LogP contribution in [0.25, 0.3) is 0 Å². The van der Waals surface area contributed by atoms with Gasteiger partial charge < -0.3 is 14.4 Å². The lowest BCUT2D eigenvalue weighted by atomic mass is 9.81. The van der Waals surface area contributed by atoms with Crippen molar-refractivity contribution in [3.63, 3.8) is 0 Å². The highest BCUT2D eigenvalue weighted by molar-refractivity contribution is 6.07. The van der Waals surface area contributed by atoms with Gasteiger partial charge in [-0.05, 0) is 55.0 Å². The van der Waals surface area contributed by atoms with Crippen molar-refractivity contribution in [1.29, 1.82) is 0 Å². The molecule has 6 rings (SSSR count). The van der Waals surface area contributed by atoms with Crippen LogP contribution in [0.1, 0.15) is 59.6 Å². The van der Waals surface area contributed by atoms with Gasteiger partial charge in [0.25, 0.3) is 5.91 Å². The Labute approximate surface area is 224 Å². The number of fused-ring (bicyclic) bond motifs is 2. The topological polar surface area (TPSA) is 59.1 Å². The van der Waals surface area contributed by atoms with Gasteiger partial charge in [0.1, 0.15) is 6.61 Å². The van der Waals surface area contributed by atoms with Crippen LogP contribution in [0.15, 0.2) is 84.9 Å². The number of ether oxygens (including phenoxy) is 2. The minimum atomic E-state index is -0.274. The van der Waals surface area contributed by atoms with Gasteiger partial charge in [0.15, 0.2) is 0 Å². The number of amides is 2. The Bertz CT molecular complexity index is 1260. The molecule has 0 aromatic heterocycles. The average Bonchev–Trinajstić information content (AvgIpc) is 3.68. The molecule has 0 N–H and O–H groups in total. The Hall–Kier alpha value is -3.64. The van der Waals surface area contributed by atoms with Gasteiger partial charge in [-0.3, -0.25) is 9.69 Å². The van der Waals surface area contributed by atoms with E-state index in [1.165, 1.54) is 0 Å². The molecule has 3 aliphatic rings. The molecule has 0 spiro atoms. The first-order chi connectivity index (χ1) is 18.7. The zero-order valence-electron chi connectivity index (χ0n) is 21.6. The summed E-state index contributed by atoms with van der Waals surface area (Å²) in [6, 6.07) is 27.8. The Morgan fingerprint density at radius 1 is 0.816 bits per heavy atom. The smallest absolute Gasteiger partial charge is 0.410 e. The van der Waals surface area contributed by atoms with Crippen molar-refractivity contribution >= 4 is 17.7 Å². The molecular formula is C32H34N2O4. The van der Waals surface area contributed by atoms with Gasteiger partial charge in [-0.1, -0.05) is 73.2 Å². The van der Waals surface area contributed by atoms with Gasteiger partial charge in [-0.25, -0.2) is 4.79 Å². The van der Waals surface area contributed by atoms with Gasteiger partial charge in [0, 0.05) is 29.3 Å². The van der Waals surface area contributed by atoms with Crippen molar-refractivity contribution in [3.8, 4) is 0 Å². The Morgan fingerprint density at radius 3 is 2.29 bits per heavy atom. The van der Waals surface area contributed by atoms with Crippen molar-refractivity contribution in [2.24, 2.45) is 5.92 Å². The molecule has 0 saturated heterocycles. The molecule has 1 heterocycles. The van der Waals surface area contributed by atoms with Crippen LogP contribution in [0.4, 0.5) is 10.5 Å². The van der Waals surface area contributed by atoms with E-state index in [-0.39, 0.29) is 42.7 Å². The number of para-hydroxylation sites is 1. The maximum absolute atomic E-state index is 13.8. The van der Waals surface area contributed by atoms with E-state index in [9.17, 15) is 9.59 Å². The molecule has 2 amide bonds. The maximum Gasteiger partial charge on any atom is 0.410 e. The molecular weight excluding hydrogens is 476 g/mol. The van der Waals surface area contributed by atoms with Gasteiger partial charge in [-0.2, -0.15) is 0 Å². The summed E-state index contributed by atoms with van der Waals surface area (Å²) in [5, 5.41) is 0. The highest BCUT2D eigenvalue weighted by Crippen LogP contribution is 2.52. The number of rotatable bonds is 8. The molecule has 196 valence electrons.